The van der Waals surface area contributed by atoms with Crippen molar-refractivity contribution in [3.8, 4) is 11.5 Å². The zero-order valence-corrected chi connectivity index (χ0v) is 18.4. The first-order valence-electron chi connectivity index (χ1n) is 11.1. The molecule has 0 spiro atoms. The standard InChI is InChI=1S/C25H34N2O3/c1-18(28)25(2)17-27(15-19-7-6-12-26-14-19)16-22(25)20-10-11-23(29-3)24(13-20)30-21-8-4-5-9-21/h6-7,10-14,18,21-22,28H,4-5,8-9,15-17H2,1-3H3/t18-,22-,25+/m1/s1. The van der Waals surface area contributed by atoms with E-state index in [-0.39, 0.29) is 17.4 Å². The average Bonchev–Trinajstić information content (AvgIpc) is 3.37. The number of aliphatic hydroxyl groups excluding tert-OH is 1. The first-order valence-corrected chi connectivity index (χ1v) is 11.1. The molecule has 5 heteroatoms. The molecule has 1 aromatic carbocycles. The van der Waals surface area contributed by atoms with Gasteiger partial charge in [0.2, 0.25) is 0 Å². The third kappa shape index (κ3) is 4.33. The molecule has 3 atom stereocenters. The summed E-state index contributed by atoms with van der Waals surface area (Å²) in [7, 11) is 1.70. The van der Waals surface area contributed by atoms with Crippen molar-refractivity contribution in [3.63, 3.8) is 0 Å². The lowest BCUT2D eigenvalue weighted by Gasteiger charge is -2.34. The second-order valence-corrected chi connectivity index (χ2v) is 9.20. The zero-order valence-electron chi connectivity index (χ0n) is 18.4. The molecule has 2 aromatic rings. The van der Waals surface area contributed by atoms with Gasteiger partial charge in [0, 0.05) is 43.4 Å². The SMILES string of the molecule is COc1ccc([C@H]2CN(Cc3cccnc3)C[C@@]2(C)[C@@H](C)O)cc1OC1CCCC1. The number of likely N-dealkylation sites (tertiary alicyclic amines) is 1. The Kier molecular flexibility index (Phi) is 6.30. The van der Waals surface area contributed by atoms with Gasteiger partial charge in [-0.1, -0.05) is 19.1 Å². The molecule has 2 fully saturated rings. The molecule has 162 valence electrons. The highest BCUT2D eigenvalue weighted by Crippen LogP contribution is 2.47. The van der Waals surface area contributed by atoms with Crippen molar-refractivity contribution in [2.75, 3.05) is 20.2 Å². The summed E-state index contributed by atoms with van der Waals surface area (Å²) >= 11 is 0. The van der Waals surface area contributed by atoms with E-state index in [0.29, 0.717) is 0 Å². The number of hydrogen-bond donors (Lipinski definition) is 1. The highest BCUT2D eigenvalue weighted by Gasteiger charge is 2.47. The maximum Gasteiger partial charge on any atom is 0.161 e. The average molecular weight is 411 g/mol. The van der Waals surface area contributed by atoms with E-state index in [1.807, 2.05) is 25.3 Å². The number of benzene rings is 1. The van der Waals surface area contributed by atoms with Crippen LogP contribution in [0.15, 0.2) is 42.7 Å². The monoisotopic (exact) mass is 410 g/mol. The van der Waals surface area contributed by atoms with Crippen LogP contribution in [0.5, 0.6) is 11.5 Å². The second-order valence-electron chi connectivity index (χ2n) is 9.20. The van der Waals surface area contributed by atoms with Crippen LogP contribution in [0.25, 0.3) is 0 Å². The van der Waals surface area contributed by atoms with Gasteiger partial charge in [0.15, 0.2) is 11.5 Å². The molecule has 2 aliphatic rings. The van der Waals surface area contributed by atoms with E-state index < -0.39 is 6.10 Å². The summed E-state index contributed by atoms with van der Waals surface area (Å²) in [5.41, 5.74) is 2.17. The third-order valence-corrected chi connectivity index (χ3v) is 7.07. The minimum atomic E-state index is -0.414. The maximum absolute atomic E-state index is 10.7. The molecular formula is C25H34N2O3. The smallest absolute Gasteiger partial charge is 0.161 e. The van der Waals surface area contributed by atoms with Crippen molar-refractivity contribution in [2.45, 2.75) is 64.2 Å². The number of aliphatic hydroxyl groups is 1. The number of nitrogens with zero attached hydrogens (tertiary/aromatic N) is 2. The first-order chi connectivity index (χ1) is 14.5. The van der Waals surface area contributed by atoms with Crippen molar-refractivity contribution in [2.24, 2.45) is 5.41 Å². The van der Waals surface area contributed by atoms with Crippen LogP contribution in [0.2, 0.25) is 0 Å². The molecule has 5 nitrogen and oxygen atoms in total. The molecule has 1 aliphatic heterocycles. The Morgan fingerprint density at radius 2 is 2.03 bits per heavy atom. The summed E-state index contributed by atoms with van der Waals surface area (Å²) in [5.74, 6) is 1.83. The van der Waals surface area contributed by atoms with Gasteiger partial charge in [0.05, 0.1) is 19.3 Å². The molecule has 1 aromatic heterocycles. The van der Waals surface area contributed by atoms with Crippen LogP contribution in [-0.4, -0.2) is 47.4 Å². The molecule has 1 aliphatic carbocycles. The van der Waals surface area contributed by atoms with E-state index in [1.165, 1.54) is 24.0 Å². The molecule has 0 radical (unpaired) electrons. The summed E-state index contributed by atoms with van der Waals surface area (Å²) in [4.78, 5) is 6.68. The molecule has 1 saturated heterocycles. The van der Waals surface area contributed by atoms with Gasteiger partial charge >= 0.3 is 0 Å². The second kappa shape index (κ2) is 8.94. The van der Waals surface area contributed by atoms with Crippen molar-refractivity contribution >= 4 is 0 Å². The molecule has 30 heavy (non-hydrogen) atoms. The summed E-state index contributed by atoms with van der Waals surface area (Å²) in [5, 5.41) is 10.7. The van der Waals surface area contributed by atoms with Gasteiger partial charge in [-0.25, -0.2) is 0 Å². The maximum atomic E-state index is 10.7. The van der Waals surface area contributed by atoms with E-state index in [4.69, 9.17) is 9.47 Å². The van der Waals surface area contributed by atoms with Crippen LogP contribution in [0, 0.1) is 5.41 Å². The van der Waals surface area contributed by atoms with E-state index in [0.717, 1.165) is 44.0 Å². The summed E-state index contributed by atoms with van der Waals surface area (Å²) < 4.78 is 11.9. The van der Waals surface area contributed by atoms with E-state index >= 15 is 0 Å². The zero-order chi connectivity index (χ0) is 21.1. The van der Waals surface area contributed by atoms with Gasteiger partial charge < -0.3 is 14.6 Å². The molecule has 1 saturated carbocycles. The fourth-order valence-electron chi connectivity index (χ4n) is 5.09. The Morgan fingerprint density at radius 3 is 2.70 bits per heavy atom. The minimum Gasteiger partial charge on any atom is -0.493 e. The van der Waals surface area contributed by atoms with Crippen LogP contribution in [-0.2, 0) is 6.54 Å². The Hall–Kier alpha value is -2.11. The van der Waals surface area contributed by atoms with E-state index in [9.17, 15) is 5.11 Å². The quantitative estimate of drug-likeness (QED) is 0.733. The Labute approximate surface area is 180 Å². The molecular weight excluding hydrogens is 376 g/mol. The van der Waals surface area contributed by atoms with Gasteiger partial charge in [-0.2, -0.15) is 0 Å². The number of ether oxygens (including phenoxy) is 2. The van der Waals surface area contributed by atoms with E-state index in [2.05, 4.69) is 35.0 Å². The molecule has 0 bridgehead atoms. The summed E-state index contributed by atoms with van der Waals surface area (Å²) in [6.45, 7) is 6.70. The van der Waals surface area contributed by atoms with Gasteiger partial charge in [-0.15, -0.1) is 0 Å². The van der Waals surface area contributed by atoms with Crippen molar-refractivity contribution in [1.82, 2.24) is 9.88 Å². The van der Waals surface area contributed by atoms with Crippen LogP contribution < -0.4 is 9.47 Å². The van der Waals surface area contributed by atoms with Crippen molar-refractivity contribution in [1.29, 1.82) is 0 Å². The number of hydrogen-bond acceptors (Lipinski definition) is 5. The van der Waals surface area contributed by atoms with Gasteiger partial charge in [-0.3, -0.25) is 9.88 Å². The lowest BCUT2D eigenvalue weighted by molar-refractivity contribution is 0.0474. The molecule has 0 unspecified atom stereocenters. The lowest BCUT2D eigenvalue weighted by atomic mass is 9.72. The molecule has 4 rings (SSSR count). The van der Waals surface area contributed by atoms with Crippen LogP contribution >= 0.6 is 0 Å². The summed E-state index contributed by atoms with van der Waals surface area (Å²) in [6, 6.07) is 10.4. The third-order valence-electron chi connectivity index (χ3n) is 7.07. The Bertz CT molecular complexity index is 836. The number of pyridine rings is 1. The minimum absolute atomic E-state index is 0.214. The Morgan fingerprint density at radius 1 is 1.23 bits per heavy atom. The predicted octanol–water partition coefficient (Wildman–Crippen LogP) is 4.40. The molecule has 2 heterocycles. The first kappa shape index (κ1) is 21.1. The van der Waals surface area contributed by atoms with E-state index in [1.54, 1.807) is 13.3 Å². The number of aromatic nitrogens is 1. The fraction of sp³-hybridized carbons (Fsp3) is 0.560. The van der Waals surface area contributed by atoms with Gasteiger partial charge in [0.1, 0.15) is 0 Å². The molecule has 0 amide bonds. The van der Waals surface area contributed by atoms with Crippen molar-refractivity contribution < 1.29 is 14.6 Å². The Balaban J connectivity index is 1.59. The van der Waals surface area contributed by atoms with Gasteiger partial charge in [-0.05, 0) is 61.9 Å². The van der Waals surface area contributed by atoms with Gasteiger partial charge in [0.25, 0.3) is 0 Å². The van der Waals surface area contributed by atoms with Crippen LogP contribution in [0.3, 0.4) is 0 Å². The topological polar surface area (TPSA) is 54.8 Å². The number of rotatable bonds is 7. The predicted molar refractivity (Wildman–Crippen MR) is 118 cm³/mol. The fourth-order valence-corrected chi connectivity index (χ4v) is 5.09. The highest BCUT2D eigenvalue weighted by molar-refractivity contribution is 5.45. The number of methoxy groups -OCH3 is 1. The summed E-state index contributed by atoms with van der Waals surface area (Å²) in [6.07, 6.45) is 8.29. The molecule has 1 N–H and O–H groups in total. The highest BCUT2D eigenvalue weighted by atomic mass is 16.5. The normalized spacial score (nSPS) is 26.1. The lowest BCUT2D eigenvalue weighted by Crippen LogP contribution is -2.37. The largest absolute Gasteiger partial charge is 0.493 e. The van der Waals surface area contributed by atoms with Crippen LogP contribution in [0.1, 0.15) is 56.6 Å². The van der Waals surface area contributed by atoms with Crippen LogP contribution in [0.4, 0.5) is 0 Å². The van der Waals surface area contributed by atoms with Crippen molar-refractivity contribution in [3.05, 3.63) is 53.9 Å².